The quantitative estimate of drug-likeness (QED) is 0.506. The van der Waals surface area contributed by atoms with Gasteiger partial charge in [-0.1, -0.05) is 0 Å². The second-order valence-electron chi connectivity index (χ2n) is 3.14. The first-order valence-corrected chi connectivity index (χ1v) is 4.79. The van der Waals surface area contributed by atoms with Crippen LogP contribution in [0.1, 0.15) is 15.9 Å². The molecule has 1 amide bonds. The van der Waals surface area contributed by atoms with Crippen molar-refractivity contribution in [1.82, 2.24) is 10.4 Å². The normalized spacial score (nSPS) is 11.4. The predicted octanol–water partition coefficient (Wildman–Crippen LogP) is 0.989. The highest BCUT2D eigenvalue weighted by molar-refractivity contribution is 6.23. The molecule has 1 aromatic heterocycles. The van der Waals surface area contributed by atoms with E-state index in [4.69, 9.17) is 0 Å². The average Bonchev–Trinajstić information content (AvgIpc) is 2.37. The minimum absolute atomic E-state index is 0.613. The first-order chi connectivity index (χ1) is 8.86. The molecule has 6 nitrogen and oxygen atoms in total. The molecule has 0 atom stereocenters. The van der Waals surface area contributed by atoms with Gasteiger partial charge in [-0.2, -0.15) is 18.3 Å². The van der Waals surface area contributed by atoms with Gasteiger partial charge in [-0.25, -0.2) is 10.2 Å². The number of nitrogens with one attached hydrogen (secondary N) is 1. The van der Waals surface area contributed by atoms with Crippen molar-refractivity contribution in [3.63, 3.8) is 0 Å². The number of hydrazone groups is 1. The summed E-state index contributed by atoms with van der Waals surface area (Å²) in [6.45, 7) is 0. The Labute approximate surface area is 105 Å². The van der Waals surface area contributed by atoms with E-state index in [1.54, 1.807) is 5.43 Å². The molecule has 0 radical (unpaired) electrons. The summed E-state index contributed by atoms with van der Waals surface area (Å²) in [6, 6.07) is 0.666. The van der Waals surface area contributed by atoms with E-state index in [-0.39, 0.29) is 0 Å². The van der Waals surface area contributed by atoms with Gasteiger partial charge >= 0.3 is 12.1 Å². The van der Waals surface area contributed by atoms with Crippen LogP contribution in [0.15, 0.2) is 23.6 Å². The Morgan fingerprint density at radius 2 is 2.16 bits per heavy atom. The molecule has 0 aromatic carbocycles. The number of hydrogen-bond donors (Lipinski definition) is 1. The molecule has 19 heavy (non-hydrogen) atoms. The van der Waals surface area contributed by atoms with Crippen molar-refractivity contribution in [3.8, 4) is 0 Å². The van der Waals surface area contributed by atoms with Crippen molar-refractivity contribution in [3.05, 3.63) is 29.6 Å². The fraction of sp³-hybridized carbons (Fsp3) is 0.200. The highest BCUT2D eigenvalue weighted by atomic mass is 19.4. The zero-order chi connectivity index (χ0) is 14.5. The molecule has 0 unspecified atom stereocenters. The number of alkyl halides is 3. The first kappa shape index (κ1) is 14.6. The number of amides is 1. The molecule has 0 spiro atoms. The van der Waals surface area contributed by atoms with Crippen molar-refractivity contribution in [2.24, 2.45) is 5.10 Å². The standard InChI is InChI=1S/C10H8F3N3O3/c1-19-8(17)5-15-16-9(18)6-4-14-3-2-7(6)10(11,12)13/h2-5H,1H3,(H,16,18). The fourth-order valence-electron chi connectivity index (χ4n) is 1.08. The number of hydrogen-bond acceptors (Lipinski definition) is 5. The minimum Gasteiger partial charge on any atom is -0.465 e. The number of ether oxygens (including phenoxy) is 1. The topological polar surface area (TPSA) is 80.6 Å². The Morgan fingerprint density at radius 3 is 2.74 bits per heavy atom. The molecule has 0 aliphatic heterocycles. The maximum Gasteiger partial charge on any atom is 0.417 e. The Balaban J connectivity index is 2.89. The number of nitrogens with zero attached hydrogens (tertiary/aromatic N) is 2. The summed E-state index contributed by atoms with van der Waals surface area (Å²) < 4.78 is 42.0. The molecule has 0 aliphatic rings. The molecule has 1 aromatic rings. The lowest BCUT2D eigenvalue weighted by Crippen LogP contribution is -2.23. The van der Waals surface area contributed by atoms with Crippen molar-refractivity contribution in [2.75, 3.05) is 7.11 Å². The van der Waals surface area contributed by atoms with Crippen LogP contribution in [-0.4, -0.2) is 30.2 Å². The molecule has 0 saturated carbocycles. The Morgan fingerprint density at radius 1 is 1.47 bits per heavy atom. The first-order valence-electron chi connectivity index (χ1n) is 4.79. The van der Waals surface area contributed by atoms with E-state index >= 15 is 0 Å². The number of rotatable bonds is 3. The van der Waals surface area contributed by atoms with Gasteiger partial charge < -0.3 is 4.74 Å². The maximum atomic E-state index is 12.6. The molecule has 1 rings (SSSR count). The second-order valence-corrected chi connectivity index (χ2v) is 3.14. The van der Waals surface area contributed by atoms with Gasteiger partial charge in [0.25, 0.3) is 5.91 Å². The van der Waals surface area contributed by atoms with Crippen molar-refractivity contribution in [2.45, 2.75) is 6.18 Å². The molecular weight excluding hydrogens is 267 g/mol. The van der Waals surface area contributed by atoms with Gasteiger partial charge in [-0.05, 0) is 6.07 Å². The highest BCUT2D eigenvalue weighted by Crippen LogP contribution is 2.31. The monoisotopic (exact) mass is 275 g/mol. The smallest absolute Gasteiger partial charge is 0.417 e. The third kappa shape index (κ3) is 4.05. The summed E-state index contributed by atoms with van der Waals surface area (Å²) in [5.41, 5.74) is -0.0760. The maximum absolute atomic E-state index is 12.6. The number of methoxy groups -OCH3 is 1. The summed E-state index contributed by atoms with van der Waals surface area (Å²) >= 11 is 0. The van der Waals surface area contributed by atoms with Gasteiger partial charge in [0.2, 0.25) is 0 Å². The van der Waals surface area contributed by atoms with Crippen molar-refractivity contribution >= 4 is 18.1 Å². The van der Waals surface area contributed by atoms with Crippen LogP contribution in [0.3, 0.4) is 0 Å². The van der Waals surface area contributed by atoms with E-state index in [1.807, 2.05) is 0 Å². The van der Waals surface area contributed by atoms with Crippen LogP contribution in [-0.2, 0) is 15.7 Å². The predicted molar refractivity (Wildman–Crippen MR) is 57.2 cm³/mol. The van der Waals surface area contributed by atoms with E-state index in [0.717, 1.165) is 19.5 Å². The van der Waals surface area contributed by atoms with Gasteiger partial charge in [-0.3, -0.25) is 9.78 Å². The van der Waals surface area contributed by atoms with Crippen LogP contribution < -0.4 is 5.43 Å². The molecule has 1 N–H and O–H groups in total. The zero-order valence-corrected chi connectivity index (χ0v) is 9.56. The largest absolute Gasteiger partial charge is 0.465 e. The summed E-state index contributed by atoms with van der Waals surface area (Å²) in [7, 11) is 1.08. The Hall–Kier alpha value is -2.45. The van der Waals surface area contributed by atoms with Gasteiger partial charge in [0.1, 0.15) is 6.21 Å². The zero-order valence-electron chi connectivity index (χ0n) is 9.56. The Bertz CT molecular complexity index is 514. The van der Waals surface area contributed by atoms with Crippen molar-refractivity contribution in [1.29, 1.82) is 0 Å². The highest BCUT2D eigenvalue weighted by Gasteiger charge is 2.35. The number of carbonyl (C=O) groups is 2. The van der Waals surface area contributed by atoms with Crippen LogP contribution >= 0.6 is 0 Å². The number of carbonyl (C=O) groups excluding carboxylic acids is 2. The second kappa shape index (κ2) is 5.94. The fourth-order valence-corrected chi connectivity index (χ4v) is 1.08. The molecule has 0 saturated heterocycles. The van der Waals surface area contributed by atoms with Gasteiger partial charge in [-0.15, -0.1) is 0 Å². The van der Waals surface area contributed by atoms with Crippen LogP contribution in [0.2, 0.25) is 0 Å². The van der Waals surface area contributed by atoms with E-state index in [1.165, 1.54) is 0 Å². The summed E-state index contributed by atoms with van der Waals surface area (Å²) in [4.78, 5) is 25.5. The number of pyridine rings is 1. The van der Waals surface area contributed by atoms with Gasteiger partial charge in [0.15, 0.2) is 0 Å². The lowest BCUT2D eigenvalue weighted by Gasteiger charge is -2.10. The molecule has 0 aliphatic carbocycles. The molecule has 0 fully saturated rings. The molecular formula is C10H8F3N3O3. The van der Waals surface area contributed by atoms with Crippen molar-refractivity contribution < 1.29 is 27.5 Å². The SMILES string of the molecule is COC(=O)C=NNC(=O)c1cnccc1C(F)(F)F. The number of esters is 1. The summed E-state index contributed by atoms with van der Waals surface area (Å²) in [5, 5.41) is 3.15. The number of aromatic nitrogens is 1. The molecule has 102 valence electrons. The summed E-state index contributed by atoms with van der Waals surface area (Å²) in [5.74, 6) is -2.00. The average molecular weight is 275 g/mol. The Kier molecular flexibility index (Phi) is 4.56. The van der Waals surface area contributed by atoms with E-state index in [9.17, 15) is 22.8 Å². The molecule has 1 heterocycles. The lowest BCUT2D eigenvalue weighted by atomic mass is 10.1. The molecule has 0 bridgehead atoms. The third-order valence-corrected chi connectivity index (χ3v) is 1.91. The van der Waals surface area contributed by atoms with Gasteiger partial charge in [0, 0.05) is 12.4 Å². The summed E-state index contributed by atoms with van der Waals surface area (Å²) in [6.07, 6.45) is -2.41. The van der Waals surface area contributed by atoms with Crippen LogP contribution in [0, 0.1) is 0 Å². The number of halogens is 3. The van der Waals surface area contributed by atoms with Crippen LogP contribution in [0.4, 0.5) is 13.2 Å². The van der Waals surface area contributed by atoms with E-state index in [2.05, 4.69) is 14.8 Å². The van der Waals surface area contributed by atoms with E-state index < -0.39 is 29.2 Å². The van der Waals surface area contributed by atoms with Crippen LogP contribution in [0.5, 0.6) is 0 Å². The van der Waals surface area contributed by atoms with Gasteiger partial charge in [0.05, 0.1) is 18.2 Å². The lowest BCUT2D eigenvalue weighted by molar-refractivity contribution is -0.138. The van der Waals surface area contributed by atoms with Crippen LogP contribution in [0.25, 0.3) is 0 Å². The third-order valence-electron chi connectivity index (χ3n) is 1.91. The van der Waals surface area contributed by atoms with E-state index in [0.29, 0.717) is 12.3 Å². The minimum atomic E-state index is -4.69. The molecule has 9 heteroatoms.